The Balaban J connectivity index is 1.44. The summed E-state index contributed by atoms with van der Waals surface area (Å²) in [6, 6.07) is 11.9. The number of nitrogens with one attached hydrogen (secondary N) is 1. The molecule has 0 aliphatic heterocycles. The van der Waals surface area contributed by atoms with Crippen molar-refractivity contribution in [3.05, 3.63) is 49.1 Å². The van der Waals surface area contributed by atoms with Gasteiger partial charge in [0, 0.05) is 5.56 Å². The number of benzene rings is 2. The van der Waals surface area contributed by atoms with Crippen molar-refractivity contribution in [2.45, 2.75) is 25.7 Å². The van der Waals surface area contributed by atoms with E-state index in [1.807, 2.05) is 36.4 Å². The molecule has 2 aromatic heterocycles. The molecule has 5 rings (SSSR count). The second-order valence-electron chi connectivity index (χ2n) is 7.45. The highest BCUT2D eigenvalue weighted by atomic mass is 16.5. The van der Waals surface area contributed by atoms with E-state index in [1.165, 1.54) is 32.0 Å². The molecule has 4 aromatic rings. The Morgan fingerprint density at radius 1 is 1.10 bits per heavy atom. The van der Waals surface area contributed by atoms with E-state index in [0.29, 0.717) is 5.92 Å². The molecule has 1 N–H and O–H groups in total. The van der Waals surface area contributed by atoms with Crippen molar-refractivity contribution in [3.63, 3.8) is 0 Å². The Hall–Kier alpha value is -3.35. The van der Waals surface area contributed by atoms with Crippen molar-refractivity contribution in [2.75, 3.05) is 13.7 Å². The average Bonchev–Trinajstić information content (AvgIpc) is 3.52. The number of hydrogen-bond donors (Lipinski definition) is 1. The number of methoxy groups -OCH3 is 1. The van der Waals surface area contributed by atoms with Crippen molar-refractivity contribution >= 4 is 11.0 Å². The van der Waals surface area contributed by atoms with Crippen LogP contribution in [-0.4, -0.2) is 38.4 Å². The van der Waals surface area contributed by atoms with Gasteiger partial charge in [-0.15, -0.1) is 0 Å². The lowest BCUT2D eigenvalue weighted by Crippen LogP contribution is -2.08. The van der Waals surface area contributed by atoms with Crippen molar-refractivity contribution in [1.29, 1.82) is 0 Å². The summed E-state index contributed by atoms with van der Waals surface area (Å²) in [6.45, 7) is 0.737. The maximum atomic E-state index is 6.13. The molecule has 148 valence electrons. The topological polar surface area (TPSA) is 77.9 Å². The lowest BCUT2D eigenvalue weighted by molar-refractivity contribution is 0.241. The number of rotatable bonds is 6. The number of fused-ring (bicyclic) bond motifs is 1. The number of hydrogen-bond acceptors (Lipinski definition) is 5. The van der Waals surface area contributed by atoms with Gasteiger partial charge in [0.15, 0.2) is 11.5 Å². The Morgan fingerprint density at radius 3 is 2.79 bits per heavy atom. The van der Waals surface area contributed by atoms with Gasteiger partial charge in [-0.25, -0.2) is 14.6 Å². The maximum absolute atomic E-state index is 6.13. The normalized spacial score (nSPS) is 14.5. The average molecular weight is 389 g/mol. The highest BCUT2D eigenvalue weighted by Gasteiger charge is 2.17. The second-order valence-corrected chi connectivity index (χ2v) is 7.45. The van der Waals surface area contributed by atoms with E-state index in [1.54, 1.807) is 18.1 Å². The molecule has 1 aliphatic carbocycles. The van der Waals surface area contributed by atoms with Crippen LogP contribution < -0.4 is 9.47 Å². The van der Waals surface area contributed by atoms with Crippen LogP contribution >= 0.6 is 0 Å². The molecule has 0 saturated heterocycles. The van der Waals surface area contributed by atoms with E-state index in [2.05, 4.69) is 15.1 Å². The summed E-state index contributed by atoms with van der Waals surface area (Å²) in [5.74, 6) is 2.95. The standard InChI is InChI=1S/C22H23N5O2/c1-28-20-9-6-16(10-21(20)29-12-15-4-2-3-5-15)22-25-18-8-7-17(11-19(18)26-22)27-14-23-13-24-27/h6-11,13-15H,2-5,12H2,1H3,(H,25,26). The van der Waals surface area contributed by atoms with Gasteiger partial charge in [-0.1, -0.05) is 12.8 Å². The molecular weight excluding hydrogens is 366 g/mol. The fourth-order valence-electron chi connectivity index (χ4n) is 3.94. The van der Waals surface area contributed by atoms with Crippen molar-refractivity contribution < 1.29 is 9.47 Å². The minimum absolute atomic E-state index is 0.643. The van der Waals surface area contributed by atoms with Gasteiger partial charge in [-0.05, 0) is 55.2 Å². The van der Waals surface area contributed by atoms with E-state index < -0.39 is 0 Å². The molecule has 0 radical (unpaired) electrons. The molecular formula is C22H23N5O2. The maximum Gasteiger partial charge on any atom is 0.161 e. The van der Waals surface area contributed by atoms with Crippen LogP contribution in [0.15, 0.2) is 49.1 Å². The molecule has 0 atom stereocenters. The highest BCUT2D eigenvalue weighted by Crippen LogP contribution is 2.34. The zero-order valence-corrected chi connectivity index (χ0v) is 16.3. The highest BCUT2D eigenvalue weighted by molar-refractivity contribution is 5.81. The van der Waals surface area contributed by atoms with Gasteiger partial charge in [0.05, 0.1) is 30.4 Å². The first-order valence-electron chi connectivity index (χ1n) is 9.96. The monoisotopic (exact) mass is 389 g/mol. The lowest BCUT2D eigenvalue weighted by Gasteiger charge is -2.14. The number of aromatic amines is 1. The van der Waals surface area contributed by atoms with Crippen LogP contribution in [0.25, 0.3) is 28.1 Å². The second kappa shape index (κ2) is 7.58. The van der Waals surface area contributed by atoms with Gasteiger partial charge < -0.3 is 14.5 Å². The third kappa shape index (κ3) is 3.55. The minimum atomic E-state index is 0.643. The molecule has 2 aromatic carbocycles. The molecule has 0 amide bonds. The van der Waals surface area contributed by atoms with E-state index in [4.69, 9.17) is 14.5 Å². The smallest absolute Gasteiger partial charge is 0.161 e. The van der Waals surface area contributed by atoms with Crippen LogP contribution in [-0.2, 0) is 0 Å². The third-order valence-corrected chi connectivity index (χ3v) is 5.54. The zero-order valence-electron chi connectivity index (χ0n) is 16.3. The number of imidazole rings is 1. The first-order chi connectivity index (χ1) is 14.3. The minimum Gasteiger partial charge on any atom is -0.493 e. The summed E-state index contributed by atoms with van der Waals surface area (Å²) in [4.78, 5) is 12.2. The summed E-state index contributed by atoms with van der Waals surface area (Å²) < 4.78 is 13.4. The van der Waals surface area contributed by atoms with Gasteiger partial charge in [0.1, 0.15) is 18.5 Å². The molecule has 2 heterocycles. The van der Waals surface area contributed by atoms with Crippen molar-refractivity contribution in [1.82, 2.24) is 24.7 Å². The van der Waals surface area contributed by atoms with Crippen LogP contribution in [0.5, 0.6) is 11.5 Å². The van der Waals surface area contributed by atoms with Gasteiger partial charge in [0.25, 0.3) is 0 Å². The predicted molar refractivity (Wildman–Crippen MR) is 110 cm³/mol. The largest absolute Gasteiger partial charge is 0.493 e. The SMILES string of the molecule is COc1ccc(-c2nc3ccc(-n4cncn4)cc3[nH]2)cc1OCC1CCCC1. The van der Waals surface area contributed by atoms with Gasteiger partial charge in [-0.2, -0.15) is 5.10 Å². The molecule has 7 nitrogen and oxygen atoms in total. The summed E-state index contributed by atoms with van der Waals surface area (Å²) >= 11 is 0. The van der Waals surface area contributed by atoms with Crippen LogP contribution in [0, 0.1) is 5.92 Å². The van der Waals surface area contributed by atoms with Crippen LogP contribution in [0.1, 0.15) is 25.7 Å². The zero-order chi connectivity index (χ0) is 19.6. The lowest BCUT2D eigenvalue weighted by atomic mass is 10.1. The van der Waals surface area contributed by atoms with E-state index in [0.717, 1.165) is 46.2 Å². The first kappa shape index (κ1) is 17.7. The van der Waals surface area contributed by atoms with Crippen LogP contribution in [0.2, 0.25) is 0 Å². The van der Waals surface area contributed by atoms with Gasteiger partial charge in [0.2, 0.25) is 0 Å². The quantitative estimate of drug-likeness (QED) is 0.529. The summed E-state index contributed by atoms with van der Waals surface area (Å²) in [7, 11) is 1.67. The third-order valence-electron chi connectivity index (χ3n) is 5.54. The first-order valence-corrected chi connectivity index (χ1v) is 9.96. The van der Waals surface area contributed by atoms with E-state index >= 15 is 0 Å². The van der Waals surface area contributed by atoms with Gasteiger partial charge >= 0.3 is 0 Å². The number of H-pyrrole nitrogens is 1. The summed E-state index contributed by atoms with van der Waals surface area (Å²) in [5, 5.41) is 4.18. The number of aromatic nitrogens is 5. The number of ether oxygens (including phenoxy) is 2. The molecule has 7 heteroatoms. The molecule has 0 spiro atoms. The summed E-state index contributed by atoms with van der Waals surface area (Å²) in [6.07, 6.45) is 8.31. The Morgan fingerprint density at radius 2 is 2.00 bits per heavy atom. The van der Waals surface area contributed by atoms with Crippen LogP contribution in [0.4, 0.5) is 0 Å². The fraction of sp³-hybridized carbons (Fsp3) is 0.318. The molecule has 1 aliphatic rings. The predicted octanol–water partition coefficient (Wildman–Crippen LogP) is 4.39. The van der Waals surface area contributed by atoms with Crippen molar-refractivity contribution in [2.24, 2.45) is 5.92 Å². The van der Waals surface area contributed by atoms with E-state index in [9.17, 15) is 0 Å². The number of nitrogens with zero attached hydrogens (tertiary/aromatic N) is 4. The molecule has 0 unspecified atom stereocenters. The fourth-order valence-corrected chi connectivity index (χ4v) is 3.94. The molecule has 1 fully saturated rings. The molecule has 0 bridgehead atoms. The Bertz CT molecular complexity index is 1110. The summed E-state index contributed by atoms with van der Waals surface area (Å²) in [5.41, 5.74) is 3.73. The van der Waals surface area contributed by atoms with Gasteiger partial charge in [-0.3, -0.25) is 0 Å². The van der Waals surface area contributed by atoms with Crippen LogP contribution in [0.3, 0.4) is 0 Å². The molecule has 29 heavy (non-hydrogen) atoms. The Kier molecular flexibility index (Phi) is 4.63. The Labute approximate surface area is 168 Å². The molecule has 1 saturated carbocycles. The van der Waals surface area contributed by atoms with Crippen molar-refractivity contribution in [3.8, 4) is 28.6 Å². The van der Waals surface area contributed by atoms with E-state index in [-0.39, 0.29) is 0 Å².